The molecule has 112 valence electrons. The molecule has 0 atom stereocenters. The van der Waals surface area contributed by atoms with E-state index in [-0.39, 0.29) is 5.57 Å². The molecule has 0 aromatic heterocycles. The van der Waals surface area contributed by atoms with Crippen LogP contribution in [0.2, 0.25) is 0 Å². The molecular formula is C6H9F3N2O6S2. The average molecular weight is 326 g/mol. The summed E-state index contributed by atoms with van der Waals surface area (Å²) in [5, 5.41) is 0. The van der Waals surface area contributed by atoms with Gasteiger partial charge < -0.3 is 0 Å². The van der Waals surface area contributed by atoms with Gasteiger partial charge in [0.1, 0.15) is 0 Å². The van der Waals surface area contributed by atoms with Crippen molar-refractivity contribution in [1.29, 1.82) is 0 Å². The lowest BCUT2D eigenvalue weighted by molar-refractivity contribution is -0.116. The van der Waals surface area contributed by atoms with Crippen molar-refractivity contribution < 1.29 is 39.1 Å². The van der Waals surface area contributed by atoms with Gasteiger partial charge in [0.15, 0.2) is 0 Å². The minimum Gasteiger partial charge on any atom is -0.269 e. The van der Waals surface area contributed by atoms with Gasteiger partial charge in [-0.25, -0.2) is 4.72 Å². The van der Waals surface area contributed by atoms with Crippen LogP contribution in [-0.2, 0) is 29.4 Å². The van der Waals surface area contributed by atoms with Crippen molar-refractivity contribution in [3.8, 4) is 0 Å². The van der Waals surface area contributed by atoms with Crippen molar-refractivity contribution in [1.82, 2.24) is 9.19 Å². The lowest BCUT2D eigenvalue weighted by Crippen LogP contribution is -2.44. The van der Waals surface area contributed by atoms with E-state index in [0.717, 1.165) is 6.92 Å². The van der Waals surface area contributed by atoms with E-state index < -0.39 is 36.2 Å². The van der Waals surface area contributed by atoms with E-state index in [1.54, 1.807) is 0 Å². The van der Waals surface area contributed by atoms with Gasteiger partial charge in [-0.15, -0.1) is 0 Å². The molecule has 0 saturated heterocycles. The van der Waals surface area contributed by atoms with Gasteiger partial charge in [-0.3, -0.25) is 4.79 Å². The number of hydroxylamine groups is 1. The highest BCUT2D eigenvalue weighted by atomic mass is 32.2. The Labute approximate surface area is 107 Å². The first-order chi connectivity index (χ1) is 8.21. The number of alkyl halides is 3. The molecule has 0 bridgehead atoms. The molecule has 0 aliphatic heterocycles. The van der Waals surface area contributed by atoms with Crippen LogP contribution in [-0.4, -0.2) is 39.8 Å². The van der Waals surface area contributed by atoms with Crippen molar-refractivity contribution in [2.45, 2.75) is 12.4 Å². The van der Waals surface area contributed by atoms with Crippen LogP contribution in [0.4, 0.5) is 13.2 Å². The second kappa shape index (κ2) is 5.44. The van der Waals surface area contributed by atoms with Gasteiger partial charge in [0.25, 0.3) is 5.91 Å². The standard InChI is InChI=1S/C6H9F3N2O6S2/c1-4(2)5(12)10-19(15,16)11(3)17-18(13,14)6(7,8)9/h1H2,2-3H3,(H,10,12). The van der Waals surface area contributed by atoms with Gasteiger partial charge in [-0.1, -0.05) is 6.58 Å². The molecule has 19 heavy (non-hydrogen) atoms. The maximum Gasteiger partial charge on any atom is 0.524 e. The van der Waals surface area contributed by atoms with Gasteiger partial charge >= 0.3 is 25.8 Å². The number of nitrogens with zero attached hydrogens (tertiary/aromatic N) is 1. The lowest BCUT2D eigenvalue weighted by atomic mass is 10.3. The summed E-state index contributed by atoms with van der Waals surface area (Å²) >= 11 is 0. The number of carbonyl (C=O) groups excluding carboxylic acids is 1. The molecule has 0 saturated carbocycles. The number of nitrogens with one attached hydrogen (secondary N) is 1. The highest BCUT2D eigenvalue weighted by molar-refractivity contribution is 7.90. The number of rotatable bonds is 5. The van der Waals surface area contributed by atoms with E-state index in [1.807, 2.05) is 0 Å². The van der Waals surface area contributed by atoms with E-state index >= 15 is 0 Å². The third-order valence-electron chi connectivity index (χ3n) is 1.43. The Kier molecular flexibility index (Phi) is 5.10. The second-order valence-corrected chi connectivity index (χ2v) is 6.29. The minimum atomic E-state index is -6.16. The van der Waals surface area contributed by atoms with Crippen molar-refractivity contribution in [2.75, 3.05) is 7.05 Å². The summed E-state index contributed by atoms with van der Waals surface area (Å²) in [4.78, 5) is 11.0. The highest BCUT2D eigenvalue weighted by Gasteiger charge is 2.49. The van der Waals surface area contributed by atoms with Crippen molar-refractivity contribution in [3.05, 3.63) is 12.2 Å². The first kappa shape index (κ1) is 17.8. The van der Waals surface area contributed by atoms with E-state index in [1.165, 1.54) is 4.72 Å². The Hall–Kier alpha value is -1.18. The van der Waals surface area contributed by atoms with Crippen LogP contribution in [0.3, 0.4) is 0 Å². The Bertz CT molecular complexity index is 579. The maximum absolute atomic E-state index is 11.9. The number of amides is 1. The maximum atomic E-state index is 11.9. The molecule has 1 N–H and O–H groups in total. The largest absolute Gasteiger partial charge is 0.524 e. The van der Waals surface area contributed by atoms with E-state index in [2.05, 4.69) is 10.9 Å². The fourth-order valence-electron chi connectivity index (χ4n) is 0.489. The van der Waals surface area contributed by atoms with Gasteiger partial charge in [0.2, 0.25) is 0 Å². The zero-order chi connectivity index (χ0) is 15.6. The zero-order valence-electron chi connectivity index (χ0n) is 9.55. The second-order valence-electron chi connectivity index (χ2n) is 3.10. The monoisotopic (exact) mass is 326 g/mol. The highest BCUT2D eigenvalue weighted by Crippen LogP contribution is 2.25. The number of hydrogen-bond acceptors (Lipinski definition) is 6. The summed E-state index contributed by atoms with van der Waals surface area (Å²) in [6.45, 7) is 4.20. The fraction of sp³-hybridized carbons (Fsp3) is 0.500. The number of halogens is 3. The smallest absolute Gasteiger partial charge is 0.269 e. The van der Waals surface area contributed by atoms with Crippen LogP contribution in [0.1, 0.15) is 6.92 Å². The van der Waals surface area contributed by atoms with Crippen LogP contribution in [0.15, 0.2) is 12.2 Å². The fourth-order valence-corrected chi connectivity index (χ4v) is 1.95. The summed E-state index contributed by atoms with van der Waals surface area (Å²) in [7, 11) is -10.7. The van der Waals surface area contributed by atoms with Crippen LogP contribution >= 0.6 is 0 Å². The third-order valence-corrected chi connectivity index (χ3v) is 3.71. The lowest BCUT2D eigenvalue weighted by Gasteiger charge is -2.17. The molecule has 0 aromatic rings. The molecule has 0 aliphatic rings. The predicted molar refractivity (Wildman–Crippen MR) is 55.7 cm³/mol. The van der Waals surface area contributed by atoms with Crippen LogP contribution in [0.25, 0.3) is 0 Å². The topological polar surface area (TPSA) is 110 Å². The summed E-state index contributed by atoms with van der Waals surface area (Å²) in [5.74, 6) is -1.24. The third kappa shape index (κ3) is 4.77. The average Bonchev–Trinajstić information content (AvgIpc) is 2.13. The minimum absolute atomic E-state index is 0.268. The van der Waals surface area contributed by atoms with Crippen molar-refractivity contribution in [3.63, 3.8) is 0 Å². The quantitative estimate of drug-likeness (QED) is 0.419. The van der Waals surface area contributed by atoms with Gasteiger partial charge in [0.05, 0.1) is 0 Å². The molecule has 0 spiro atoms. The molecule has 0 aliphatic carbocycles. The molecule has 0 fully saturated rings. The molecule has 0 radical (unpaired) electrons. The summed E-state index contributed by atoms with van der Waals surface area (Å²) < 4.78 is 83.3. The molecule has 0 heterocycles. The van der Waals surface area contributed by atoms with Crippen molar-refractivity contribution in [2.24, 2.45) is 0 Å². The van der Waals surface area contributed by atoms with E-state index in [0.29, 0.717) is 7.05 Å². The Balaban J connectivity index is 5.10. The zero-order valence-corrected chi connectivity index (χ0v) is 11.2. The molecule has 0 aromatic carbocycles. The summed E-state index contributed by atoms with van der Waals surface area (Å²) in [6.07, 6.45) is 0. The first-order valence-electron chi connectivity index (χ1n) is 4.18. The molecule has 13 heteroatoms. The van der Waals surface area contributed by atoms with Gasteiger partial charge in [0, 0.05) is 12.6 Å². The van der Waals surface area contributed by atoms with Crippen LogP contribution in [0, 0.1) is 0 Å². The molecular weight excluding hydrogens is 317 g/mol. The molecule has 8 nitrogen and oxygen atoms in total. The molecule has 1 amide bonds. The summed E-state index contributed by atoms with van der Waals surface area (Å²) in [6, 6.07) is 0. The predicted octanol–water partition coefficient (Wildman–Crippen LogP) is -0.363. The summed E-state index contributed by atoms with van der Waals surface area (Å²) in [5.41, 5.74) is -6.08. The first-order valence-corrected chi connectivity index (χ1v) is 7.03. The Morgan fingerprint density at radius 2 is 1.68 bits per heavy atom. The Morgan fingerprint density at radius 1 is 1.26 bits per heavy atom. The normalized spacial score (nSPS) is 13.4. The van der Waals surface area contributed by atoms with Gasteiger partial charge in [-0.05, 0) is 11.4 Å². The Morgan fingerprint density at radius 3 is 2.00 bits per heavy atom. The van der Waals surface area contributed by atoms with E-state index in [9.17, 15) is 34.8 Å². The van der Waals surface area contributed by atoms with Crippen LogP contribution < -0.4 is 4.72 Å². The van der Waals surface area contributed by atoms with Gasteiger partial charge in [-0.2, -0.15) is 34.3 Å². The van der Waals surface area contributed by atoms with E-state index in [4.69, 9.17) is 0 Å². The SMILES string of the molecule is C=C(C)C(=O)NS(=O)(=O)N(C)OS(=O)(=O)C(F)(F)F. The van der Waals surface area contributed by atoms with Crippen LogP contribution in [0.5, 0.6) is 0 Å². The molecule has 0 rings (SSSR count). The number of carbonyl (C=O) groups is 1. The van der Waals surface area contributed by atoms with Crippen molar-refractivity contribution >= 4 is 26.2 Å². The number of hydrogen-bond donors (Lipinski definition) is 1. The molecule has 0 unspecified atom stereocenters.